The molecule has 224 valence electrons. The first-order chi connectivity index (χ1) is 21.7. The van der Waals surface area contributed by atoms with Crippen LogP contribution in [-0.4, -0.2) is 21.3 Å². The lowest BCUT2D eigenvalue weighted by molar-refractivity contribution is 0.0955. The van der Waals surface area contributed by atoms with E-state index in [1.54, 1.807) is 6.21 Å². The lowest BCUT2D eigenvalue weighted by Gasteiger charge is -2.20. The Balaban J connectivity index is 1.21. The molecule has 6 aromatic rings. The molecule has 0 saturated heterocycles. The fourth-order valence-corrected chi connectivity index (χ4v) is 5.80. The maximum Gasteiger partial charge on any atom is 0.271 e. The van der Waals surface area contributed by atoms with Crippen LogP contribution in [0.2, 0.25) is 0 Å². The van der Waals surface area contributed by atoms with Crippen LogP contribution in [0.3, 0.4) is 0 Å². The lowest BCUT2D eigenvalue weighted by Crippen LogP contribution is -2.17. The van der Waals surface area contributed by atoms with E-state index in [9.17, 15) is 4.79 Å². The average molecular weight is 591 g/mol. The SMILES string of the molecule is Cc1cc(/C=N\NC(=O)c2ccc(-n3c(-c4ccccc4)ccc3-c3ccccc3)cc2)c(C)n1-c1ccc(C(C)(C)C)cc1. The first kappa shape index (κ1) is 29.6. The second kappa shape index (κ2) is 12.3. The normalized spacial score (nSPS) is 11.7. The van der Waals surface area contributed by atoms with E-state index in [2.05, 4.69) is 121 Å². The van der Waals surface area contributed by atoms with Gasteiger partial charge in [0.15, 0.2) is 0 Å². The molecule has 0 fully saturated rings. The van der Waals surface area contributed by atoms with E-state index < -0.39 is 0 Å². The fraction of sp³-hybridized carbons (Fsp3) is 0.150. The maximum atomic E-state index is 13.1. The van der Waals surface area contributed by atoms with Crippen molar-refractivity contribution in [2.45, 2.75) is 40.0 Å². The summed E-state index contributed by atoms with van der Waals surface area (Å²) in [5.41, 5.74) is 14.3. The molecule has 0 unspecified atom stereocenters. The standard InChI is InChI=1S/C40H38N4O/c1-28-26-33(29(2)43(28)35-22-18-34(19-23-35)40(3,4)5)27-41-42-39(45)32-16-20-36(21-17-32)44-37(30-12-8-6-9-13-30)24-25-38(44)31-14-10-7-11-15-31/h6-27H,1-5H3,(H,42,45)/b41-27-. The van der Waals surface area contributed by atoms with Gasteiger partial charge in [-0.1, -0.05) is 93.6 Å². The van der Waals surface area contributed by atoms with E-state index in [0.717, 1.165) is 50.8 Å². The summed E-state index contributed by atoms with van der Waals surface area (Å²) in [7, 11) is 0. The van der Waals surface area contributed by atoms with Crippen LogP contribution in [0.25, 0.3) is 33.9 Å². The number of hydrogen-bond acceptors (Lipinski definition) is 2. The highest BCUT2D eigenvalue weighted by Crippen LogP contribution is 2.32. The van der Waals surface area contributed by atoms with Crippen molar-refractivity contribution in [3.8, 4) is 33.9 Å². The number of amides is 1. The molecule has 0 atom stereocenters. The average Bonchev–Trinajstić information content (AvgIpc) is 3.62. The third-order valence-corrected chi connectivity index (χ3v) is 8.24. The van der Waals surface area contributed by atoms with Gasteiger partial charge in [-0.3, -0.25) is 4.79 Å². The second-order valence-electron chi connectivity index (χ2n) is 12.4. The molecule has 5 nitrogen and oxygen atoms in total. The van der Waals surface area contributed by atoms with Crippen LogP contribution in [0.15, 0.2) is 132 Å². The first-order valence-electron chi connectivity index (χ1n) is 15.3. The van der Waals surface area contributed by atoms with Gasteiger partial charge in [-0.15, -0.1) is 0 Å². The zero-order valence-electron chi connectivity index (χ0n) is 26.5. The molecule has 0 bridgehead atoms. The van der Waals surface area contributed by atoms with Crippen LogP contribution >= 0.6 is 0 Å². The van der Waals surface area contributed by atoms with Crippen LogP contribution in [0.1, 0.15) is 53.6 Å². The molecular weight excluding hydrogens is 552 g/mol. The number of aromatic nitrogens is 2. The monoisotopic (exact) mass is 590 g/mol. The summed E-state index contributed by atoms with van der Waals surface area (Å²) in [4.78, 5) is 13.1. The lowest BCUT2D eigenvalue weighted by atomic mass is 9.87. The minimum atomic E-state index is -0.261. The molecule has 1 amide bonds. The number of hydrazone groups is 1. The number of carbonyl (C=O) groups excluding carboxylic acids is 1. The van der Waals surface area contributed by atoms with E-state index >= 15 is 0 Å². The van der Waals surface area contributed by atoms with E-state index in [1.165, 1.54) is 5.56 Å². The molecule has 0 spiro atoms. The van der Waals surface area contributed by atoms with Gasteiger partial charge >= 0.3 is 0 Å². The summed E-state index contributed by atoms with van der Waals surface area (Å²) in [5, 5.41) is 4.31. The Kier molecular flexibility index (Phi) is 8.10. The number of hydrogen-bond donors (Lipinski definition) is 1. The first-order valence-corrected chi connectivity index (χ1v) is 15.3. The molecule has 1 N–H and O–H groups in total. The minimum Gasteiger partial charge on any atom is -0.318 e. The van der Waals surface area contributed by atoms with Crippen molar-refractivity contribution in [1.29, 1.82) is 0 Å². The third-order valence-electron chi connectivity index (χ3n) is 8.24. The zero-order valence-corrected chi connectivity index (χ0v) is 26.5. The van der Waals surface area contributed by atoms with Gasteiger partial charge in [0, 0.05) is 33.9 Å². The Hall–Kier alpha value is -5.42. The molecule has 2 aromatic heterocycles. The number of nitrogens with zero attached hydrogens (tertiary/aromatic N) is 3. The Bertz CT molecular complexity index is 1900. The number of nitrogens with one attached hydrogen (secondary N) is 1. The van der Waals surface area contributed by atoms with Gasteiger partial charge < -0.3 is 9.13 Å². The van der Waals surface area contributed by atoms with Crippen molar-refractivity contribution >= 4 is 12.1 Å². The van der Waals surface area contributed by atoms with E-state index in [0.29, 0.717) is 5.56 Å². The number of rotatable bonds is 7. The van der Waals surface area contributed by atoms with Crippen molar-refractivity contribution in [1.82, 2.24) is 14.6 Å². The maximum absolute atomic E-state index is 13.1. The number of carbonyl (C=O) groups is 1. The van der Waals surface area contributed by atoms with Crippen molar-refractivity contribution in [3.05, 3.63) is 155 Å². The molecule has 45 heavy (non-hydrogen) atoms. The molecule has 0 radical (unpaired) electrons. The molecule has 0 aliphatic carbocycles. The third kappa shape index (κ3) is 6.16. The highest BCUT2D eigenvalue weighted by Gasteiger charge is 2.16. The minimum absolute atomic E-state index is 0.105. The van der Waals surface area contributed by atoms with Crippen molar-refractivity contribution in [2.75, 3.05) is 0 Å². The summed E-state index contributed by atoms with van der Waals surface area (Å²) in [6.07, 6.45) is 1.72. The fourth-order valence-electron chi connectivity index (χ4n) is 5.80. The zero-order chi connectivity index (χ0) is 31.6. The summed E-state index contributed by atoms with van der Waals surface area (Å²) in [6.45, 7) is 10.8. The Labute approximate surface area is 265 Å². The van der Waals surface area contributed by atoms with Crippen LogP contribution in [-0.2, 0) is 5.41 Å². The summed E-state index contributed by atoms with van der Waals surface area (Å²) >= 11 is 0. The second-order valence-corrected chi connectivity index (χ2v) is 12.4. The van der Waals surface area contributed by atoms with Gasteiger partial charge in [-0.25, -0.2) is 5.43 Å². The van der Waals surface area contributed by atoms with Gasteiger partial charge in [0.25, 0.3) is 5.91 Å². The molecule has 5 heteroatoms. The van der Waals surface area contributed by atoms with Crippen molar-refractivity contribution in [2.24, 2.45) is 5.10 Å². The Morgan fingerprint density at radius 1 is 0.667 bits per heavy atom. The molecule has 6 rings (SSSR count). The largest absolute Gasteiger partial charge is 0.318 e. The van der Waals surface area contributed by atoms with Crippen LogP contribution in [0.4, 0.5) is 0 Å². The smallest absolute Gasteiger partial charge is 0.271 e. The highest BCUT2D eigenvalue weighted by molar-refractivity contribution is 5.95. The molecule has 0 aliphatic rings. The Morgan fingerprint density at radius 2 is 1.18 bits per heavy atom. The van der Waals surface area contributed by atoms with Gasteiger partial charge in [-0.05, 0) is 90.6 Å². The molecule has 2 heterocycles. The van der Waals surface area contributed by atoms with Crippen molar-refractivity contribution < 1.29 is 4.79 Å². The summed E-state index contributed by atoms with van der Waals surface area (Å²) < 4.78 is 4.44. The van der Waals surface area contributed by atoms with Gasteiger partial charge in [-0.2, -0.15) is 5.10 Å². The summed E-state index contributed by atoms with van der Waals surface area (Å²) in [5.74, 6) is -0.261. The highest BCUT2D eigenvalue weighted by atomic mass is 16.2. The van der Waals surface area contributed by atoms with Crippen molar-refractivity contribution in [3.63, 3.8) is 0 Å². The topological polar surface area (TPSA) is 51.3 Å². The van der Waals surface area contributed by atoms with Crippen LogP contribution in [0.5, 0.6) is 0 Å². The number of benzene rings is 4. The molecular formula is C40H38N4O. The predicted molar refractivity (Wildman–Crippen MR) is 186 cm³/mol. The quantitative estimate of drug-likeness (QED) is 0.146. The Morgan fingerprint density at radius 3 is 1.71 bits per heavy atom. The molecule has 4 aromatic carbocycles. The van der Waals surface area contributed by atoms with Crippen LogP contribution < -0.4 is 5.43 Å². The number of aryl methyl sites for hydroxylation is 1. The molecule has 0 saturated carbocycles. The van der Waals surface area contributed by atoms with Gasteiger partial charge in [0.1, 0.15) is 0 Å². The van der Waals surface area contributed by atoms with Crippen LogP contribution in [0, 0.1) is 13.8 Å². The molecule has 0 aliphatic heterocycles. The predicted octanol–water partition coefficient (Wildman–Crippen LogP) is 9.28. The van der Waals surface area contributed by atoms with E-state index in [-0.39, 0.29) is 11.3 Å². The van der Waals surface area contributed by atoms with Gasteiger partial charge in [0.05, 0.1) is 17.6 Å². The van der Waals surface area contributed by atoms with E-state index in [4.69, 9.17) is 0 Å². The van der Waals surface area contributed by atoms with E-state index in [1.807, 2.05) is 60.7 Å². The van der Waals surface area contributed by atoms with Gasteiger partial charge in [0.2, 0.25) is 0 Å². The summed E-state index contributed by atoms with van der Waals surface area (Å²) in [6, 6.07) is 43.4.